The van der Waals surface area contributed by atoms with Gasteiger partial charge in [-0.05, 0) is 12.1 Å². The van der Waals surface area contributed by atoms with Crippen molar-refractivity contribution in [2.75, 3.05) is 18.2 Å². The maximum Gasteiger partial charge on any atom is 0.417 e. The number of fused-ring (bicyclic) bond motifs is 1. The fourth-order valence-electron chi connectivity index (χ4n) is 2.17. The second-order valence-electron chi connectivity index (χ2n) is 5.11. The van der Waals surface area contributed by atoms with Crippen molar-refractivity contribution in [1.82, 2.24) is 24.8 Å². The van der Waals surface area contributed by atoms with Crippen LogP contribution in [0.5, 0.6) is 0 Å². The highest BCUT2D eigenvalue weighted by Crippen LogP contribution is 2.29. The Balaban J connectivity index is 1.68. The number of rotatable bonds is 4. The minimum Gasteiger partial charge on any atom is -0.347 e. The summed E-state index contributed by atoms with van der Waals surface area (Å²) < 4.78 is 39.5. The number of carbonyl (C=O) groups is 2. The molecular weight excluding hydrogens is 347 g/mol. The number of nitrogens with one attached hydrogen (secondary N) is 1. The molecule has 24 heavy (non-hydrogen) atoms. The molecule has 0 unspecified atom stereocenters. The van der Waals surface area contributed by atoms with Gasteiger partial charge in [0.1, 0.15) is 6.54 Å². The number of amides is 2. The lowest BCUT2D eigenvalue weighted by atomic mass is 10.3. The summed E-state index contributed by atoms with van der Waals surface area (Å²) in [5.74, 6) is 0.455. The predicted octanol–water partition coefficient (Wildman–Crippen LogP) is 0.897. The van der Waals surface area contributed by atoms with Gasteiger partial charge in [0.05, 0.1) is 23.7 Å². The summed E-state index contributed by atoms with van der Waals surface area (Å²) >= 11 is 1.42. The van der Waals surface area contributed by atoms with E-state index < -0.39 is 17.6 Å². The van der Waals surface area contributed by atoms with Gasteiger partial charge < -0.3 is 10.2 Å². The number of pyridine rings is 1. The van der Waals surface area contributed by atoms with Crippen molar-refractivity contribution >= 4 is 29.2 Å². The molecule has 0 bridgehead atoms. The second-order valence-corrected chi connectivity index (χ2v) is 6.06. The van der Waals surface area contributed by atoms with Crippen molar-refractivity contribution in [3.63, 3.8) is 0 Å². The van der Waals surface area contributed by atoms with Crippen molar-refractivity contribution in [2.45, 2.75) is 12.7 Å². The number of thioether (sulfide) groups is 1. The van der Waals surface area contributed by atoms with Crippen molar-refractivity contribution in [3.8, 4) is 0 Å². The van der Waals surface area contributed by atoms with E-state index in [1.807, 2.05) is 0 Å². The fourth-order valence-corrected chi connectivity index (χ4v) is 3.08. The molecule has 0 atom stereocenters. The average molecular weight is 359 g/mol. The third-order valence-electron chi connectivity index (χ3n) is 3.40. The van der Waals surface area contributed by atoms with E-state index in [1.54, 1.807) is 0 Å². The molecule has 0 aliphatic carbocycles. The van der Waals surface area contributed by atoms with Crippen LogP contribution >= 0.6 is 11.8 Å². The first-order valence-corrected chi connectivity index (χ1v) is 8.03. The monoisotopic (exact) mass is 359 g/mol. The molecule has 11 heteroatoms. The quantitative estimate of drug-likeness (QED) is 0.877. The van der Waals surface area contributed by atoms with Crippen molar-refractivity contribution in [3.05, 3.63) is 29.7 Å². The largest absolute Gasteiger partial charge is 0.417 e. The molecule has 0 spiro atoms. The van der Waals surface area contributed by atoms with Gasteiger partial charge in [0.15, 0.2) is 11.5 Å². The number of carbonyl (C=O) groups excluding carboxylic acids is 2. The van der Waals surface area contributed by atoms with Crippen LogP contribution in [0.4, 0.5) is 13.2 Å². The first-order chi connectivity index (χ1) is 11.3. The van der Waals surface area contributed by atoms with Crippen LogP contribution in [-0.2, 0) is 22.3 Å². The van der Waals surface area contributed by atoms with Gasteiger partial charge in [0, 0.05) is 6.20 Å². The van der Waals surface area contributed by atoms with Crippen LogP contribution in [0.3, 0.4) is 0 Å². The van der Waals surface area contributed by atoms with Crippen molar-refractivity contribution in [2.24, 2.45) is 0 Å². The van der Waals surface area contributed by atoms with Crippen LogP contribution in [0.25, 0.3) is 5.65 Å². The Labute approximate surface area is 138 Å². The van der Waals surface area contributed by atoms with E-state index in [9.17, 15) is 22.8 Å². The van der Waals surface area contributed by atoms with E-state index in [0.717, 1.165) is 12.3 Å². The smallest absolute Gasteiger partial charge is 0.347 e. The van der Waals surface area contributed by atoms with Crippen LogP contribution < -0.4 is 5.32 Å². The summed E-state index contributed by atoms with van der Waals surface area (Å²) in [7, 11) is 0. The van der Waals surface area contributed by atoms with E-state index in [2.05, 4.69) is 15.5 Å². The van der Waals surface area contributed by atoms with Crippen molar-refractivity contribution in [1.29, 1.82) is 0 Å². The third kappa shape index (κ3) is 3.45. The highest BCUT2D eigenvalue weighted by atomic mass is 32.2. The Morgan fingerprint density at radius 3 is 2.79 bits per heavy atom. The van der Waals surface area contributed by atoms with Crippen molar-refractivity contribution < 1.29 is 22.8 Å². The maximum atomic E-state index is 12.8. The molecular formula is C13H12F3N5O2S. The minimum absolute atomic E-state index is 0.0868. The van der Waals surface area contributed by atoms with E-state index in [0.29, 0.717) is 11.6 Å². The average Bonchev–Trinajstić information content (AvgIpc) is 3.10. The van der Waals surface area contributed by atoms with Gasteiger partial charge in [-0.1, -0.05) is 0 Å². The number of alkyl halides is 3. The van der Waals surface area contributed by atoms with Gasteiger partial charge >= 0.3 is 6.18 Å². The van der Waals surface area contributed by atoms with Gasteiger partial charge in [-0.15, -0.1) is 22.0 Å². The van der Waals surface area contributed by atoms with Crippen LogP contribution in [0, 0.1) is 0 Å². The summed E-state index contributed by atoms with van der Waals surface area (Å²) in [6.07, 6.45) is -3.59. The van der Waals surface area contributed by atoms with Gasteiger partial charge in [-0.2, -0.15) is 13.2 Å². The Bertz CT molecular complexity index is 791. The summed E-state index contributed by atoms with van der Waals surface area (Å²) in [6, 6.07) is 2.13. The normalized spacial score (nSPS) is 15.3. The molecule has 1 aliphatic heterocycles. The zero-order valence-electron chi connectivity index (χ0n) is 12.2. The highest BCUT2D eigenvalue weighted by molar-refractivity contribution is 8.00. The van der Waals surface area contributed by atoms with Gasteiger partial charge in [0.25, 0.3) is 0 Å². The standard InChI is InChI=1S/C13H12F3N5O2S/c14-13(15,16)8-1-2-9-18-19-10(21(9)4-8)3-17-11(22)5-20-7-24-6-12(20)23/h1-2,4H,3,5-7H2,(H,17,22). The van der Waals surface area contributed by atoms with E-state index in [4.69, 9.17) is 0 Å². The summed E-state index contributed by atoms with van der Waals surface area (Å²) in [6.45, 7) is -0.174. The third-order valence-corrected chi connectivity index (χ3v) is 4.35. The number of nitrogens with zero attached hydrogens (tertiary/aromatic N) is 4. The lowest BCUT2D eigenvalue weighted by Crippen LogP contribution is -2.38. The lowest BCUT2D eigenvalue weighted by molar-refractivity contribution is -0.137. The molecule has 128 valence electrons. The summed E-state index contributed by atoms with van der Waals surface area (Å²) in [4.78, 5) is 24.7. The highest BCUT2D eigenvalue weighted by Gasteiger charge is 2.31. The van der Waals surface area contributed by atoms with Crippen LogP contribution in [0.2, 0.25) is 0 Å². The van der Waals surface area contributed by atoms with Crippen LogP contribution in [-0.4, -0.2) is 49.5 Å². The summed E-state index contributed by atoms with van der Waals surface area (Å²) in [5, 5.41) is 10.1. The number of aromatic nitrogens is 3. The SMILES string of the molecule is O=C(CN1CSCC1=O)NCc1nnc2ccc(C(F)(F)F)cn12. The van der Waals surface area contributed by atoms with E-state index in [-0.39, 0.29) is 30.5 Å². The zero-order chi connectivity index (χ0) is 17.3. The first kappa shape index (κ1) is 16.6. The molecule has 0 saturated carbocycles. The van der Waals surface area contributed by atoms with Crippen LogP contribution in [0.15, 0.2) is 18.3 Å². The molecule has 2 amide bonds. The maximum absolute atomic E-state index is 12.8. The minimum atomic E-state index is -4.48. The topological polar surface area (TPSA) is 79.6 Å². The van der Waals surface area contributed by atoms with Gasteiger partial charge in [0.2, 0.25) is 11.8 Å². The molecule has 3 rings (SSSR count). The molecule has 2 aromatic heterocycles. The Hall–Kier alpha value is -2.30. The van der Waals surface area contributed by atoms with Gasteiger partial charge in [-0.25, -0.2) is 0 Å². The lowest BCUT2D eigenvalue weighted by Gasteiger charge is -2.13. The zero-order valence-corrected chi connectivity index (χ0v) is 13.0. The molecule has 2 aromatic rings. The molecule has 1 aliphatic rings. The number of hydrogen-bond donors (Lipinski definition) is 1. The predicted molar refractivity (Wildman–Crippen MR) is 78.9 cm³/mol. The molecule has 1 N–H and O–H groups in total. The molecule has 1 fully saturated rings. The Morgan fingerprint density at radius 2 is 2.12 bits per heavy atom. The van der Waals surface area contributed by atoms with Gasteiger partial charge in [-0.3, -0.25) is 14.0 Å². The fraction of sp³-hybridized carbons (Fsp3) is 0.385. The number of halogens is 3. The molecule has 3 heterocycles. The van der Waals surface area contributed by atoms with E-state index in [1.165, 1.54) is 27.1 Å². The first-order valence-electron chi connectivity index (χ1n) is 6.87. The molecule has 0 aromatic carbocycles. The molecule has 7 nitrogen and oxygen atoms in total. The summed E-state index contributed by atoms with van der Waals surface area (Å²) in [5.41, 5.74) is -0.583. The van der Waals surface area contributed by atoms with Crippen LogP contribution in [0.1, 0.15) is 11.4 Å². The second kappa shape index (κ2) is 6.30. The Morgan fingerprint density at radius 1 is 1.33 bits per heavy atom. The number of hydrogen-bond acceptors (Lipinski definition) is 5. The molecule has 1 saturated heterocycles. The molecule has 0 radical (unpaired) electrons. The Kier molecular flexibility index (Phi) is 4.35. The van der Waals surface area contributed by atoms with E-state index >= 15 is 0 Å².